The van der Waals surface area contributed by atoms with E-state index in [1.807, 2.05) is 24.3 Å². The van der Waals surface area contributed by atoms with Crippen LogP contribution in [0, 0.1) is 17.2 Å². The Kier molecular flexibility index (Phi) is 2.55. The van der Waals surface area contributed by atoms with Gasteiger partial charge in [-0.25, -0.2) is 0 Å². The van der Waals surface area contributed by atoms with Crippen molar-refractivity contribution in [2.75, 3.05) is 0 Å². The molecule has 74 valence electrons. The van der Waals surface area contributed by atoms with Gasteiger partial charge in [0.2, 0.25) is 0 Å². The Morgan fingerprint density at radius 1 is 1.27 bits per heavy atom. The SMILES string of the molecule is N#CC1C=CC(c2ccc(O)cc2)=CC1. The van der Waals surface area contributed by atoms with E-state index in [9.17, 15) is 0 Å². The van der Waals surface area contributed by atoms with Crippen LogP contribution in [0.15, 0.2) is 42.5 Å². The third-order valence-corrected chi connectivity index (χ3v) is 2.47. The van der Waals surface area contributed by atoms with Crippen molar-refractivity contribution in [3.63, 3.8) is 0 Å². The summed E-state index contributed by atoms with van der Waals surface area (Å²) in [7, 11) is 0. The molecule has 0 bridgehead atoms. The summed E-state index contributed by atoms with van der Waals surface area (Å²) in [6.07, 6.45) is 6.70. The number of aromatic hydroxyl groups is 1. The maximum absolute atomic E-state index is 9.15. The van der Waals surface area contributed by atoms with E-state index in [0.717, 1.165) is 17.6 Å². The third kappa shape index (κ3) is 2.08. The second-order valence-corrected chi connectivity index (χ2v) is 3.54. The van der Waals surface area contributed by atoms with Crippen molar-refractivity contribution >= 4 is 5.57 Å². The minimum Gasteiger partial charge on any atom is -0.508 e. The van der Waals surface area contributed by atoms with Gasteiger partial charge in [-0.05, 0) is 29.7 Å². The van der Waals surface area contributed by atoms with Crippen LogP contribution in [-0.4, -0.2) is 5.11 Å². The van der Waals surface area contributed by atoms with Crippen LogP contribution >= 0.6 is 0 Å². The minimum absolute atomic E-state index is 0.00543. The Labute approximate surface area is 88.8 Å². The molecule has 0 heterocycles. The van der Waals surface area contributed by atoms with Gasteiger partial charge in [0.15, 0.2) is 0 Å². The van der Waals surface area contributed by atoms with Crippen molar-refractivity contribution in [1.29, 1.82) is 5.26 Å². The molecule has 0 amide bonds. The third-order valence-electron chi connectivity index (χ3n) is 2.47. The first-order valence-corrected chi connectivity index (χ1v) is 4.87. The minimum atomic E-state index is 0.00543. The van der Waals surface area contributed by atoms with Crippen molar-refractivity contribution in [1.82, 2.24) is 0 Å². The lowest BCUT2D eigenvalue weighted by atomic mass is 9.94. The lowest BCUT2D eigenvalue weighted by molar-refractivity contribution is 0.475. The Balaban J connectivity index is 2.21. The van der Waals surface area contributed by atoms with Gasteiger partial charge in [0, 0.05) is 0 Å². The van der Waals surface area contributed by atoms with E-state index in [1.54, 1.807) is 12.1 Å². The molecule has 0 aromatic heterocycles. The number of hydrogen-bond donors (Lipinski definition) is 1. The summed E-state index contributed by atoms with van der Waals surface area (Å²) in [5.74, 6) is 0.278. The topological polar surface area (TPSA) is 44.0 Å². The molecule has 2 heteroatoms. The predicted molar refractivity (Wildman–Crippen MR) is 58.9 cm³/mol. The van der Waals surface area contributed by atoms with E-state index < -0.39 is 0 Å². The van der Waals surface area contributed by atoms with Crippen molar-refractivity contribution in [3.05, 3.63) is 48.1 Å². The Morgan fingerprint density at radius 2 is 2.00 bits per heavy atom. The maximum atomic E-state index is 9.15. The van der Waals surface area contributed by atoms with Gasteiger partial charge in [-0.1, -0.05) is 30.4 Å². The lowest BCUT2D eigenvalue weighted by Crippen LogP contribution is -1.95. The summed E-state index contributed by atoms with van der Waals surface area (Å²) >= 11 is 0. The molecule has 1 N–H and O–H groups in total. The van der Waals surface area contributed by atoms with Gasteiger partial charge in [-0.2, -0.15) is 5.26 Å². The Bertz CT molecular complexity index is 448. The molecule has 1 unspecified atom stereocenters. The van der Waals surface area contributed by atoms with Gasteiger partial charge >= 0.3 is 0 Å². The molecular formula is C13H11NO. The zero-order chi connectivity index (χ0) is 10.7. The van der Waals surface area contributed by atoms with Gasteiger partial charge in [0.1, 0.15) is 5.75 Å². The second-order valence-electron chi connectivity index (χ2n) is 3.54. The van der Waals surface area contributed by atoms with Crippen LogP contribution in [0.4, 0.5) is 0 Å². The second kappa shape index (κ2) is 4.02. The van der Waals surface area contributed by atoms with Crippen molar-refractivity contribution < 1.29 is 5.11 Å². The summed E-state index contributed by atoms with van der Waals surface area (Å²) in [4.78, 5) is 0. The number of allylic oxidation sites excluding steroid dienone is 4. The monoisotopic (exact) mass is 197 g/mol. The average molecular weight is 197 g/mol. The van der Waals surface area contributed by atoms with Gasteiger partial charge in [-0.3, -0.25) is 0 Å². The van der Waals surface area contributed by atoms with E-state index in [-0.39, 0.29) is 11.7 Å². The van der Waals surface area contributed by atoms with Gasteiger partial charge in [0.25, 0.3) is 0 Å². The molecule has 2 nitrogen and oxygen atoms in total. The smallest absolute Gasteiger partial charge is 0.115 e. The molecule has 1 aliphatic carbocycles. The van der Waals surface area contributed by atoms with E-state index in [2.05, 4.69) is 12.1 Å². The lowest BCUT2D eigenvalue weighted by Gasteiger charge is -2.10. The molecule has 0 saturated heterocycles. The highest BCUT2D eigenvalue weighted by molar-refractivity contribution is 5.75. The van der Waals surface area contributed by atoms with Crippen LogP contribution in [0.1, 0.15) is 12.0 Å². The summed E-state index contributed by atoms with van der Waals surface area (Å²) in [6, 6.07) is 9.29. The number of nitrogens with zero attached hydrogens (tertiary/aromatic N) is 1. The van der Waals surface area contributed by atoms with E-state index in [0.29, 0.717) is 0 Å². The molecule has 0 spiro atoms. The number of phenols is 1. The molecule has 1 aliphatic rings. The fourth-order valence-corrected chi connectivity index (χ4v) is 1.58. The number of benzene rings is 1. The fourth-order valence-electron chi connectivity index (χ4n) is 1.58. The molecule has 2 rings (SSSR count). The molecule has 0 aliphatic heterocycles. The van der Waals surface area contributed by atoms with Crippen LogP contribution in [0.5, 0.6) is 5.75 Å². The summed E-state index contributed by atoms with van der Waals surface area (Å²) in [5, 5.41) is 17.9. The van der Waals surface area contributed by atoms with Crippen LogP contribution in [-0.2, 0) is 0 Å². The first-order chi connectivity index (χ1) is 7.29. The highest BCUT2D eigenvalue weighted by atomic mass is 16.3. The molecule has 1 atom stereocenters. The fraction of sp³-hybridized carbons (Fsp3) is 0.154. The maximum Gasteiger partial charge on any atom is 0.115 e. The normalized spacial score (nSPS) is 19.4. The zero-order valence-corrected chi connectivity index (χ0v) is 8.22. The summed E-state index contributed by atoms with van der Waals surface area (Å²) < 4.78 is 0. The van der Waals surface area contributed by atoms with Gasteiger partial charge in [-0.15, -0.1) is 0 Å². The molecule has 0 radical (unpaired) electrons. The van der Waals surface area contributed by atoms with Crippen LogP contribution < -0.4 is 0 Å². The molecule has 0 fully saturated rings. The van der Waals surface area contributed by atoms with Crippen LogP contribution in [0.3, 0.4) is 0 Å². The quantitative estimate of drug-likeness (QED) is 0.752. The van der Waals surface area contributed by atoms with E-state index in [1.165, 1.54) is 0 Å². The highest BCUT2D eigenvalue weighted by Gasteiger charge is 2.08. The van der Waals surface area contributed by atoms with Crippen molar-refractivity contribution in [2.45, 2.75) is 6.42 Å². The molecule has 15 heavy (non-hydrogen) atoms. The van der Waals surface area contributed by atoms with Gasteiger partial charge < -0.3 is 5.11 Å². The first kappa shape index (κ1) is 9.54. The number of phenolic OH excluding ortho intramolecular Hbond substituents is 1. The number of rotatable bonds is 1. The number of hydrogen-bond acceptors (Lipinski definition) is 2. The van der Waals surface area contributed by atoms with E-state index in [4.69, 9.17) is 10.4 Å². The molecule has 0 saturated carbocycles. The van der Waals surface area contributed by atoms with Crippen LogP contribution in [0.2, 0.25) is 0 Å². The molecular weight excluding hydrogens is 186 g/mol. The number of nitriles is 1. The zero-order valence-electron chi connectivity index (χ0n) is 8.22. The molecule has 1 aromatic rings. The standard InChI is InChI=1S/C13H11NO/c14-9-10-1-3-11(4-2-10)12-5-7-13(15)8-6-12/h1,3-8,10,15H,2H2. The van der Waals surface area contributed by atoms with E-state index >= 15 is 0 Å². The highest BCUT2D eigenvalue weighted by Crippen LogP contribution is 2.24. The van der Waals surface area contributed by atoms with Crippen molar-refractivity contribution in [3.8, 4) is 11.8 Å². The first-order valence-electron chi connectivity index (χ1n) is 4.87. The Hall–Kier alpha value is -2.01. The predicted octanol–water partition coefficient (Wildman–Crippen LogP) is 2.88. The van der Waals surface area contributed by atoms with Crippen LogP contribution in [0.25, 0.3) is 5.57 Å². The molecule has 1 aromatic carbocycles. The Morgan fingerprint density at radius 3 is 2.53 bits per heavy atom. The van der Waals surface area contributed by atoms with Crippen molar-refractivity contribution in [2.24, 2.45) is 5.92 Å². The summed E-state index contributed by atoms with van der Waals surface area (Å²) in [5.41, 5.74) is 2.18. The summed E-state index contributed by atoms with van der Waals surface area (Å²) in [6.45, 7) is 0. The average Bonchev–Trinajstić information content (AvgIpc) is 2.30. The van der Waals surface area contributed by atoms with Gasteiger partial charge in [0.05, 0.1) is 12.0 Å². The largest absolute Gasteiger partial charge is 0.508 e.